The van der Waals surface area contributed by atoms with E-state index in [9.17, 15) is 39.5 Å². The number of benzene rings is 1. The Morgan fingerprint density at radius 2 is 1.91 bits per heavy atom. The molecule has 12 nitrogen and oxygen atoms in total. The number of hydrogen-bond donors (Lipinski definition) is 3. The molecule has 2 rings (SSSR count). The summed E-state index contributed by atoms with van der Waals surface area (Å²) in [5.74, 6) is -3.59. The summed E-state index contributed by atoms with van der Waals surface area (Å²) in [6.07, 6.45) is 1.74. The number of hydrogen-bond acceptors (Lipinski definition) is 9. The highest BCUT2D eigenvalue weighted by molar-refractivity contribution is 8.18. The van der Waals surface area contributed by atoms with Crippen LogP contribution in [-0.2, 0) is 14.4 Å². The minimum atomic E-state index is -1.06. The Morgan fingerprint density at radius 3 is 2.53 bits per heavy atom. The second kappa shape index (κ2) is 10.6. The number of aliphatic carboxylic acids is 1. The number of carbonyl (C=O) groups excluding carboxylic acids is 3. The SMILES string of the molecule is CN(CCCCN1C(=O)S/C(=C\c2cc(O)c(O)c([N+](=O)[O-])c2)C1=O)C(=O)CCC(=O)O. The Morgan fingerprint density at radius 1 is 1.22 bits per heavy atom. The second-order valence-corrected chi connectivity index (χ2v) is 7.91. The Labute approximate surface area is 186 Å². The molecule has 0 saturated carbocycles. The van der Waals surface area contributed by atoms with Crippen LogP contribution in [0.25, 0.3) is 6.08 Å². The molecular formula is C19H21N3O9S. The van der Waals surface area contributed by atoms with Crippen LogP contribution < -0.4 is 0 Å². The maximum absolute atomic E-state index is 12.5. The molecule has 1 aromatic carbocycles. The van der Waals surface area contributed by atoms with Gasteiger partial charge in [-0.05, 0) is 42.3 Å². The molecule has 1 aromatic rings. The van der Waals surface area contributed by atoms with Crippen molar-refractivity contribution in [3.05, 3.63) is 32.7 Å². The quantitative estimate of drug-likeness (QED) is 0.152. The summed E-state index contributed by atoms with van der Waals surface area (Å²) in [5.41, 5.74) is -0.670. The maximum Gasteiger partial charge on any atom is 0.315 e. The summed E-state index contributed by atoms with van der Waals surface area (Å²) in [7, 11) is 1.54. The molecule has 1 saturated heterocycles. The average Bonchev–Trinajstić information content (AvgIpc) is 2.98. The molecule has 172 valence electrons. The summed E-state index contributed by atoms with van der Waals surface area (Å²) in [6.45, 7) is 0.432. The number of carbonyl (C=O) groups is 4. The van der Waals surface area contributed by atoms with Crippen molar-refractivity contribution in [2.45, 2.75) is 25.7 Å². The molecule has 1 heterocycles. The van der Waals surface area contributed by atoms with E-state index in [1.54, 1.807) is 7.05 Å². The van der Waals surface area contributed by atoms with Gasteiger partial charge in [0.25, 0.3) is 11.1 Å². The fraction of sp³-hybridized carbons (Fsp3) is 0.368. The number of aromatic hydroxyl groups is 2. The Kier molecular flexibility index (Phi) is 8.18. The van der Waals surface area contributed by atoms with E-state index in [1.165, 1.54) is 11.0 Å². The number of nitro groups is 1. The number of imide groups is 1. The maximum atomic E-state index is 12.5. The average molecular weight is 467 g/mol. The van der Waals surface area contributed by atoms with Crippen LogP contribution in [0.15, 0.2) is 17.0 Å². The minimum absolute atomic E-state index is 0.00959. The standard InChI is InChI=1S/C19H21N3O9S/c1-20(15(24)4-5-16(25)26)6-2-3-7-21-18(28)14(32-19(21)29)10-11-8-12(22(30)31)17(27)13(23)9-11/h8-10,23,27H,2-7H2,1H3,(H,25,26)/b14-10-. The lowest BCUT2D eigenvalue weighted by atomic mass is 10.1. The molecule has 0 unspecified atom stereocenters. The molecule has 0 radical (unpaired) electrons. The molecule has 3 N–H and O–H groups in total. The van der Waals surface area contributed by atoms with Gasteiger partial charge in [-0.1, -0.05) is 0 Å². The molecule has 0 atom stereocenters. The molecule has 32 heavy (non-hydrogen) atoms. The largest absolute Gasteiger partial charge is 0.504 e. The lowest BCUT2D eigenvalue weighted by Crippen LogP contribution is -2.31. The summed E-state index contributed by atoms with van der Waals surface area (Å²) in [6, 6.07) is 2.01. The predicted octanol–water partition coefficient (Wildman–Crippen LogP) is 2.15. The van der Waals surface area contributed by atoms with E-state index in [-0.39, 0.29) is 35.8 Å². The summed E-state index contributed by atoms with van der Waals surface area (Å²) in [4.78, 5) is 59.5. The first-order chi connectivity index (χ1) is 15.0. The van der Waals surface area contributed by atoms with Gasteiger partial charge in [0.05, 0.1) is 16.2 Å². The van der Waals surface area contributed by atoms with E-state index < -0.39 is 39.2 Å². The van der Waals surface area contributed by atoms with Gasteiger partial charge in [-0.15, -0.1) is 0 Å². The zero-order valence-corrected chi connectivity index (χ0v) is 17.8. The highest BCUT2D eigenvalue weighted by Crippen LogP contribution is 2.38. The van der Waals surface area contributed by atoms with Gasteiger partial charge in [-0.2, -0.15) is 0 Å². The van der Waals surface area contributed by atoms with Crippen LogP contribution in [0.2, 0.25) is 0 Å². The van der Waals surface area contributed by atoms with Crippen molar-refractivity contribution in [3.8, 4) is 11.5 Å². The van der Waals surface area contributed by atoms with Crippen molar-refractivity contribution < 1.29 is 39.4 Å². The van der Waals surface area contributed by atoms with Crippen LogP contribution in [0.1, 0.15) is 31.2 Å². The molecule has 1 aliphatic heterocycles. The normalized spacial score (nSPS) is 14.8. The van der Waals surface area contributed by atoms with Crippen molar-refractivity contribution >= 4 is 46.5 Å². The fourth-order valence-corrected chi connectivity index (χ4v) is 3.71. The second-order valence-electron chi connectivity index (χ2n) is 6.91. The predicted molar refractivity (Wildman–Crippen MR) is 113 cm³/mol. The lowest BCUT2D eigenvalue weighted by molar-refractivity contribution is -0.386. The van der Waals surface area contributed by atoms with Gasteiger partial charge in [-0.25, -0.2) is 0 Å². The minimum Gasteiger partial charge on any atom is -0.504 e. The van der Waals surface area contributed by atoms with Gasteiger partial charge in [0.1, 0.15) is 0 Å². The van der Waals surface area contributed by atoms with E-state index in [2.05, 4.69) is 0 Å². The van der Waals surface area contributed by atoms with Crippen LogP contribution in [0.5, 0.6) is 11.5 Å². The van der Waals surface area contributed by atoms with E-state index in [1.807, 2.05) is 0 Å². The summed E-state index contributed by atoms with van der Waals surface area (Å²) >= 11 is 0.644. The number of nitro benzene ring substituents is 1. The number of amides is 3. The van der Waals surface area contributed by atoms with E-state index in [4.69, 9.17) is 5.11 Å². The van der Waals surface area contributed by atoms with Crippen molar-refractivity contribution in [3.63, 3.8) is 0 Å². The molecule has 1 fully saturated rings. The third-order valence-corrected chi connectivity index (χ3v) is 5.47. The zero-order valence-electron chi connectivity index (χ0n) is 17.0. The fourth-order valence-electron chi connectivity index (χ4n) is 2.84. The molecule has 1 aliphatic rings. The lowest BCUT2D eigenvalue weighted by Gasteiger charge is -2.17. The molecule has 0 aliphatic carbocycles. The first-order valence-corrected chi connectivity index (χ1v) is 10.2. The summed E-state index contributed by atoms with van der Waals surface area (Å²) < 4.78 is 0. The van der Waals surface area contributed by atoms with Gasteiger partial charge in [0.15, 0.2) is 5.75 Å². The van der Waals surface area contributed by atoms with Gasteiger partial charge in [0.2, 0.25) is 11.7 Å². The number of thioether (sulfide) groups is 1. The highest BCUT2D eigenvalue weighted by Gasteiger charge is 2.34. The number of carboxylic acids is 1. The summed E-state index contributed by atoms with van der Waals surface area (Å²) in [5, 5.41) is 38.2. The molecule has 3 amide bonds. The van der Waals surface area contributed by atoms with Crippen molar-refractivity contribution in [1.29, 1.82) is 0 Å². The number of rotatable bonds is 10. The number of phenols is 2. The molecule has 13 heteroatoms. The number of phenolic OH excluding ortho intramolecular Hbond substituents is 2. The van der Waals surface area contributed by atoms with Gasteiger partial charge in [0, 0.05) is 32.6 Å². The smallest absolute Gasteiger partial charge is 0.315 e. The zero-order chi connectivity index (χ0) is 24.0. The van der Waals surface area contributed by atoms with Crippen molar-refractivity contribution in [1.82, 2.24) is 9.80 Å². The topological polar surface area (TPSA) is 179 Å². The van der Waals surface area contributed by atoms with Crippen LogP contribution in [0, 0.1) is 10.1 Å². The monoisotopic (exact) mass is 467 g/mol. The first kappa shape index (κ1) is 24.7. The highest BCUT2D eigenvalue weighted by atomic mass is 32.2. The van der Waals surface area contributed by atoms with Crippen molar-refractivity contribution in [2.24, 2.45) is 0 Å². The Bertz CT molecular complexity index is 993. The first-order valence-electron chi connectivity index (χ1n) is 9.42. The third kappa shape index (κ3) is 6.20. The Balaban J connectivity index is 1.95. The molecule has 0 bridgehead atoms. The third-order valence-electron chi connectivity index (χ3n) is 4.56. The Hall–Kier alpha value is -3.61. The van der Waals surface area contributed by atoms with Crippen LogP contribution >= 0.6 is 11.8 Å². The van der Waals surface area contributed by atoms with Crippen LogP contribution in [0.3, 0.4) is 0 Å². The number of carboxylic acid groups (broad SMARTS) is 1. The number of unbranched alkanes of at least 4 members (excludes halogenated alkanes) is 1. The van der Waals surface area contributed by atoms with E-state index >= 15 is 0 Å². The van der Waals surface area contributed by atoms with E-state index in [0.29, 0.717) is 31.1 Å². The van der Waals surface area contributed by atoms with Crippen LogP contribution in [-0.4, -0.2) is 73.2 Å². The molecule has 0 aromatic heterocycles. The van der Waals surface area contributed by atoms with Gasteiger partial charge in [-0.3, -0.25) is 34.2 Å². The molecular weight excluding hydrogens is 446 g/mol. The molecule has 0 spiro atoms. The van der Waals surface area contributed by atoms with Crippen molar-refractivity contribution in [2.75, 3.05) is 20.1 Å². The van der Waals surface area contributed by atoms with E-state index in [0.717, 1.165) is 17.0 Å². The number of nitrogens with zero attached hydrogens (tertiary/aromatic N) is 3. The van der Waals surface area contributed by atoms with Gasteiger partial charge >= 0.3 is 11.7 Å². The van der Waals surface area contributed by atoms with Gasteiger partial charge < -0.3 is 20.2 Å². The van der Waals surface area contributed by atoms with Crippen LogP contribution in [0.4, 0.5) is 10.5 Å².